The van der Waals surface area contributed by atoms with E-state index in [1.807, 2.05) is 0 Å². The van der Waals surface area contributed by atoms with Crippen LogP contribution in [0.5, 0.6) is 0 Å². The van der Waals surface area contributed by atoms with Crippen molar-refractivity contribution < 1.29 is 4.79 Å². The molecule has 0 aliphatic carbocycles. The van der Waals surface area contributed by atoms with Gasteiger partial charge < -0.3 is 4.79 Å². The van der Waals surface area contributed by atoms with Gasteiger partial charge in [-0.15, -0.1) is 0 Å². The number of carbonyl (C=O) groups excluding carboxylic acids is 1. The second-order valence-electron chi connectivity index (χ2n) is 1.07. The van der Waals surface area contributed by atoms with Crippen LogP contribution in [0.1, 0.15) is 13.3 Å². The molecule has 0 aromatic rings. The third-order valence-electron chi connectivity index (χ3n) is 0.371. The van der Waals surface area contributed by atoms with E-state index < -0.39 is 0 Å². The number of hydrogen-bond donors (Lipinski definition) is 0. The highest BCUT2D eigenvalue weighted by molar-refractivity contribution is 7.80. The first-order chi connectivity index (χ1) is 2.77. The van der Waals surface area contributed by atoms with Gasteiger partial charge in [0.1, 0.15) is 6.29 Å². The van der Waals surface area contributed by atoms with Crippen LogP contribution >= 0.6 is 12.2 Å². The molecule has 0 aliphatic rings. The van der Waals surface area contributed by atoms with Gasteiger partial charge in [0, 0.05) is 6.42 Å². The Morgan fingerprint density at radius 3 is 2.50 bits per heavy atom. The molecule has 0 N–H and O–H groups in total. The van der Waals surface area contributed by atoms with Gasteiger partial charge in [-0.3, -0.25) is 0 Å². The van der Waals surface area contributed by atoms with Gasteiger partial charge >= 0.3 is 0 Å². The molecule has 2 heteroatoms. The number of thiocarbonyl (C=S) groups is 1. The van der Waals surface area contributed by atoms with E-state index in [1.165, 1.54) is 0 Å². The second-order valence-corrected chi connectivity index (χ2v) is 1.77. The van der Waals surface area contributed by atoms with Crippen LogP contribution in [0.2, 0.25) is 0 Å². The fourth-order valence-corrected chi connectivity index (χ4v) is 0.185. The SMILES string of the molecule is CC(=S)CC=O. The van der Waals surface area contributed by atoms with Crippen LogP contribution in [-0.4, -0.2) is 11.2 Å². The summed E-state index contributed by atoms with van der Waals surface area (Å²) >= 11 is 4.56. The number of rotatable bonds is 2. The molecule has 0 aliphatic heterocycles. The second kappa shape index (κ2) is 2.97. The maximum atomic E-state index is 9.53. The predicted molar refractivity (Wildman–Crippen MR) is 29.0 cm³/mol. The maximum Gasteiger partial charge on any atom is 0.124 e. The topological polar surface area (TPSA) is 17.1 Å². The van der Waals surface area contributed by atoms with Crippen molar-refractivity contribution in [3.8, 4) is 0 Å². The van der Waals surface area contributed by atoms with E-state index >= 15 is 0 Å². The predicted octanol–water partition coefficient (Wildman–Crippen LogP) is 0.965. The Morgan fingerprint density at radius 2 is 2.50 bits per heavy atom. The van der Waals surface area contributed by atoms with E-state index in [4.69, 9.17) is 0 Å². The molecule has 34 valence electrons. The first-order valence-corrected chi connectivity index (χ1v) is 2.11. The van der Waals surface area contributed by atoms with Crippen molar-refractivity contribution in [2.45, 2.75) is 13.3 Å². The normalized spacial score (nSPS) is 7.50. The van der Waals surface area contributed by atoms with Crippen molar-refractivity contribution in [1.82, 2.24) is 0 Å². The van der Waals surface area contributed by atoms with E-state index in [2.05, 4.69) is 12.2 Å². The lowest BCUT2D eigenvalue weighted by atomic mass is 10.4. The molecular weight excluding hydrogens is 96.1 g/mol. The third kappa shape index (κ3) is 3.76. The molecule has 0 rings (SSSR count). The first-order valence-electron chi connectivity index (χ1n) is 1.70. The zero-order valence-corrected chi connectivity index (χ0v) is 4.42. The average Bonchev–Trinajstić information content (AvgIpc) is 1.35. The summed E-state index contributed by atoms with van der Waals surface area (Å²) in [5, 5.41) is 0. The van der Waals surface area contributed by atoms with E-state index in [0.29, 0.717) is 6.42 Å². The number of hydrogen-bond acceptors (Lipinski definition) is 2. The van der Waals surface area contributed by atoms with Crippen LogP contribution in [0.15, 0.2) is 0 Å². The molecule has 0 heterocycles. The molecule has 0 bridgehead atoms. The van der Waals surface area contributed by atoms with Crippen molar-refractivity contribution >= 4 is 23.4 Å². The lowest BCUT2D eigenvalue weighted by Gasteiger charge is -1.76. The lowest BCUT2D eigenvalue weighted by Crippen LogP contribution is -1.83. The highest BCUT2D eigenvalue weighted by atomic mass is 32.1. The van der Waals surface area contributed by atoms with Crippen LogP contribution in [0.3, 0.4) is 0 Å². The Balaban J connectivity index is 3.05. The molecule has 1 nitrogen and oxygen atoms in total. The van der Waals surface area contributed by atoms with Crippen molar-refractivity contribution in [2.75, 3.05) is 0 Å². The molecule has 0 atom stereocenters. The maximum absolute atomic E-state index is 9.53. The van der Waals surface area contributed by atoms with Crippen LogP contribution in [0.25, 0.3) is 0 Å². The Morgan fingerprint density at radius 1 is 2.00 bits per heavy atom. The van der Waals surface area contributed by atoms with Gasteiger partial charge in [0.05, 0.1) is 0 Å². The molecule has 0 aromatic heterocycles. The Bertz CT molecular complexity index is 67.9. The molecule has 0 fully saturated rings. The minimum absolute atomic E-state index is 0.426. The fourth-order valence-electron chi connectivity index (χ4n) is 0.117. The smallest absolute Gasteiger partial charge is 0.124 e. The summed E-state index contributed by atoms with van der Waals surface area (Å²) in [5.74, 6) is 0. The standard InChI is InChI=1S/C4H6OS/c1-4(6)2-3-5/h3H,2H2,1H3. The molecule has 0 saturated heterocycles. The first kappa shape index (κ1) is 5.76. The Labute approximate surface area is 42.4 Å². The van der Waals surface area contributed by atoms with Gasteiger partial charge in [0.15, 0.2) is 0 Å². The Hall–Kier alpha value is -0.240. The van der Waals surface area contributed by atoms with Crippen molar-refractivity contribution in [1.29, 1.82) is 0 Å². The summed E-state index contributed by atoms with van der Waals surface area (Å²) in [6.45, 7) is 1.75. The minimum atomic E-state index is 0.426. The largest absolute Gasteiger partial charge is 0.303 e. The van der Waals surface area contributed by atoms with Crippen LogP contribution in [0.4, 0.5) is 0 Å². The molecule has 0 spiro atoms. The van der Waals surface area contributed by atoms with E-state index in [9.17, 15) is 4.79 Å². The molecule has 0 aromatic carbocycles. The summed E-state index contributed by atoms with van der Waals surface area (Å²) in [6, 6.07) is 0. The van der Waals surface area contributed by atoms with Gasteiger partial charge in [-0.2, -0.15) is 0 Å². The van der Waals surface area contributed by atoms with E-state index in [1.54, 1.807) is 6.92 Å². The van der Waals surface area contributed by atoms with Crippen LogP contribution < -0.4 is 0 Å². The molecular formula is C4H6OS. The monoisotopic (exact) mass is 102 g/mol. The average molecular weight is 102 g/mol. The van der Waals surface area contributed by atoms with Crippen LogP contribution in [-0.2, 0) is 4.79 Å². The van der Waals surface area contributed by atoms with Gasteiger partial charge in [0.25, 0.3) is 0 Å². The lowest BCUT2D eigenvalue weighted by molar-refractivity contribution is -0.106. The molecule has 0 unspecified atom stereocenters. The summed E-state index contributed by atoms with van der Waals surface area (Å²) in [6.07, 6.45) is 1.23. The summed E-state index contributed by atoms with van der Waals surface area (Å²) in [4.78, 5) is 10.3. The Kier molecular flexibility index (Phi) is 2.85. The van der Waals surface area contributed by atoms with Crippen molar-refractivity contribution in [3.05, 3.63) is 0 Å². The third-order valence-corrected chi connectivity index (χ3v) is 0.537. The summed E-state index contributed by atoms with van der Waals surface area (Å²) in [5.41, 5.74) is 0. The molecule has 0 amide bonds. The highest BCUT2D eigenvalue weighted by Gasteiger charge is 1.78. The van der Waals surface area contributed by atoms with Gasteiger partial charge in [-0.25, -0.2) is 0 Å². The van der Waals surface area contributed by atoms with Gasteiger partial charge in [0.2, 0.25) is 0 Å². The number of carbonyl (C=O) groups is 1. The molecule has 0 saturated carbocycles. The van der Waals surface area contributed by atoms with Crippen molar-refractivity contribution in [2.24, 2.45) is 0 Å². The minimum Gasteiger partial charge on any atom is -0.303 e. The molecule has 6 heavy (non-hydrogen) atoms. The fraction of sp³-hybridized carbons (Fsp3) is 0.500. The summed E-state index contributed by atoms with van der Waals surface area (Å²) < 4.78 is 0. The zero-order chi connectivity index (χ0) is 4.99. The molecule has 0 radical (unpaired) electrons. The van der Waals surface area contributed by atoms with Crippen LogP contribution in [0, 0.1) is 0 Å². The zero-order valence-electron chi connectivity index (χ0n) is 3.60. The van der Waals surface area contributed by atoms with Gasteiger partial charge in [-0.05, 0) is 11.8 Å². The van der Waals surface area contributed by atoms with Crippen molar-refractivity contribution in [3.63, 3.8) is 0 Å². The van der Waals surface area contributed by atoms with Gasteiger partial charge in [-0.1, -0.05) is 12.2 Å². The van der Waals surface area contributed by atoms with E-state index in [0.717, 1.165) is 11.2 Å². The quantitative estimate of drug-likeness (QED) is 0.381. The number of aldehydes is 1. The highest BCUT2D eigenvalue weighted by Crippen LogP contribution is 1.76. The summed E-state index contributed by atoms with van der Waals surface area (Å²) in [7, 11) is 0. The van der Waals surface area contributed by atoms with E-state index in [-0.39, 0.29) is 0 Å².